The van der Waals surface area contributed by atoms with Crippen LogP contribution in [0.2, 0.25) is 0 Å². The second-order valence-corrected chi connectivity index (χ2v) is 11.7. The molecule has 0 bridgehead atoms. The van der Waals surface area contributed by atoms with Gasteiger partial charge < -0.3 is 36.2 Å². The fraction of sp³-hybridized carbons (Fsp3) is 0.265. The summed E-state index contributed by atoms with van der Waals surface area (Å²) in [5.74, 6) is -8.86. The van der Waals surface area contributed by atoms with Crippen LogP contribution in [-0.2, 0) is 27.5 Å². The van der Waals surface area contributed by atoms with E-state index in [2.05, 4.69) is 0 Å². The molecule has 0 radical (unpaired) electrons. The quantitative estimate of drug-likeness (QED) is 0.233. The van der Waals surface area contributed by atoms with Crippen molar-refractivity contribution in [1.82, 2.24) is 0 Å². The zero-order valence-electron chi connectivity index (χ0n) is 23.8. The molecule has 0 spiro atoms. The van der Waals surface area contributed by atoms with E-state index in [-0.39, 0.29) is 11.3 Å². The topological polar surface area (TPSA) is 182 Å². The second kappa shape index (κ2) is 10.7. The first-order chi connectivity index (χ1) is 21.0. The van der Waals surface area contributed by atoms with Gasteiger partial charge in [-0.2, -0.15) is 0 Å². The molecule has 0 aromatic heterocycles. The molecule has 1 saturated carbocycles. The Hall–Kier alpha value is -4.93. The van der Waals surface area contributed by atoms with E-state index < -0.39 is 76.0 Å². The molecule has 10 nitrogen and oxygen atoms in total. The maximum atomic E-state index is 14.0. The van der Waals surface area contributed by atoms with Gasteiger partial charge >= 0.3 is 0 Å². The van der Waals surface area contributed by atoms with Crippen LogP contribution in [0.15, 0.2) is 89.7 Å². The molecule has 0 unspecified atom stereocenters. The van der Waals surface area contributed by atoms with Crippen molar-refractivity contribution in [1.29, 1.82) is 0 Å². The lowest BCUT2D eigenvalue weighted by molar-refractivity contribution is -0.160. The zero-order chi connectivity index (χ0) is 31.5. The molecule has 6 rings (SSSR count). The van der Waals surface area contributed by atoms with Crippen LogP contribution in [0.1, 0.15) is 41.5 Å². The fourth-order valence-electron chi connectivity index (χ4n) is 7.08. The molecule has 10 heteroatoms. The molecule has 44 heavy (non-hydrogen) atoms. The van der Waals surface area contributed by atoms with Gasteiger partial charge in [0.2, 0.25) is 5.78 Å². The van der Waals surface area contributed by atoms with E-state index in [1.54, 1.807) is 19.1 Å². The number of primary amides is 1. The fourth-order valence-corrected chi connectivity index (χ4v) is 7.08. The Morgan fingerprint density at radius 2 is 1.50 bits per heavy atom. The van der Waals surface area contributed by atoms with Crippen molar-refractivity contribution in [3.63, 3.8) is 0 Å². The average Bonchev–Trinajstić information content (AvgIpc) is 3.00. The number of carbonyl (C=O) groups excluding carboxylic acids is 3. The molecule has 3 aromatic carbocycles. The number of benzene rings is 3. The summed E-state index contributed by atoms with van der Waals surface area (Å²) in [4.78, 5) is 40.5. The maximum absolute atomic E-state index is 14.0. The Morgan fingerprint density at radius 3 is 2.05 bits per heavy atom. The molecule has 7 N–H and O–H groups in total. The van der Waals surface area contributed by atoms with Crippen molar-refractivity contribution in [2.75, 3.05) is 4.90 Å². The molecule has 1 fully saturated rings. The van der Waals surface area contributed by atoms with Crippen molar-refractivity contribution < 1.29 is 39.9 Å². The number of fused-ring (bicyclic) bond motifs is 3. The van der Waals surface area contributed by atoms with Crippen molar-refractivity contribution in [2.45, 2.75) is 44.1 Å². The molecule has 3 aliphatic rings. The number of Topliss-reactive ketones (excluding diaryl/α,β-unsaturated/α-hetero) is 2. The van der Waals surface area contributed by atoms with Crippen LogP contribution in [0.5, 0.6) is 5.75 Å². The Labute approximate surface area is 253 Å². The second-order valence-electron chi connectivity index (χ2n) is 11.7. The molecular weight excluding hydrogens is 564 g/mol. The molecule has 0 aliphatic heterocycles. The third-order valence-corrected chi connectivity index (χ3v) is 9.25. The minimum absolute atomic E-state index is 0.0412. The molecule has 5 atom stereocenters. The summed E-state index contributed by atoms with van der Waals surface area (Å²) in [5, 5.41) is 57.3. The van der Waals surface area contributed by atoms with Gasteiger partial charge in [0.1, 0.15) is 22.8 Å². The number of amides is 1. The summed E-state index contributed by atoms with van der Waals surface area (Å²) >= 11 is 0. The number of aromatic hydroxyl groups is 1. The molecule has 0 saturated heterocycles. The predicted octanol–water partition coefficient (Wildman–Crippen LogP) is 3.16. The molecule has 0 heterocycles. The minimum Gasteiger partial charge on any atom is -0.508 e. The van der Waals surface area contributed by atoms with E-state index in [1.165, 1.54) is 0 Å². The number of hydrogen-bond donors (Lipinski definition) is 6. The van der Waals surface area contributed by atoms with Crippen LogP contribution in [0.4, 0.5) is 5.69 Å². The van der Waals surface area contributed by atoms with E-state index in [9.17, 15) is 39.9 Å². The van der Waals surface area contributed by atoms with E-state index >= 15 is 0 Å². The van der Waals surface area contributed by atoms with Crippen molar-refractivity contribution in [2.24, 2.45) is 17.6 Å². The first-order valence-corrected chi connectivity index (χ1v) is 14.3. The Bertz CT molecular complexity index is 1710. The summed E-state index contributed by atoms with van der Waals surface area (Å²) in [6.45, 7) is 2.51. The van der Waals surface area contributed by atoms with E-state index in [4.69, 9.17) is 5.73 Å². The van der Waals surface area contributed by atoms with Crippen LogP contribution in [0, 0.1) is 11.8 Å². The monoisotopic (exact) mass is 596 g/mol. The van der Waals surface area contributed by atoms with Gasteiger partial charge in [0.15, 0.2) is 11.4 Å². The average molecular weight is 597 g/mol. The van der Waals surface area contributed by atoms with Gasteiger partial charge in [-0.25, -0.2) is 0 Å². The van der Waals surface area contributed by atoms with Gasteiger partial charge in [0, 0.05) is 36.9 Å². The standard InChI is InChI=1S/C34H32N2O8/c1-17-20-12-13-22(36(15-18-8-4-2-5-9-18)16-19-10-6-3-7-11-19)29(39)25(20)30(40)27-24(17)28(38)21-14-23(37)26(33(35)43)31(41)34(21,44)32(27)42/h2-13,17,21,24,28,38-41,44H,14-16H2,1H3,(H2,35,43)/t17-,21+,24+,28+,34+/m0/s1. The number of aliphatic hydroxyl groups is 4. The number of phenolic OH excluding ortho intramolecular Hbond substituents is 1. The highest BCUT2D eigenvalue weighted by molar-refractivity contribution is 6.23. The molecular formula is C34H32N2O8. The largest absolute Gasteiger partial charge is 0.508 e. The number of rotatable bonds is 6. The van der Waals surface area contributed by atoms with Crippen molar-refractivity contribution in [3.05, 3.63) is 112 Å². The predicted molar refractivity (Wildman–Crippen MR) is 160 cm³/mol. The van der Waals surface area contributed by atoms with Crippen molar-refractivity contribution >= 4 is 28.9 Å². The van der Waals surface area contributed by atoms with Crippen molar-refractivity contribution in [3.8, 4) is 5.75 Å². The van der Waals surface area contributed by atoms with Gasteiger partial charge in [-0.05, 0) is 28.7 Å². The van der Waals surface area contributed by atoms with Gasteiger partial charge in [-0.1, -0.05) is 73.7 Å². The SMILES string of the molecule is C[C@H]1c2ccc(N(Cc3ccccc3)Cc3ccccc3)c(O)c2C(O)=C2C(=O)[C@]3(O)C(O)=C(C(N)=O)C(=O)C[C@@H]3[C@@H](O)[C@@H]21. The molecule has 3 aromatic rings. The number of anilines is 1. The number of nitrogens with zero attached hydrogens (tertiary/aromatic N) is 1. The Balaban J connectivity index is 1.50. The first-order valence-electron chi connectivity index (χ1n) is 14.3. The third-order valence-electron chi connectivity index (χ3n) is 9.25. The van der Waals surface area contributed by atoms with Gasteiger partial charge in [0.05, 0.1) is 17.4 Å². The lowest BCUT2D eigenvalue weighted by Crippen LogP contribution is -2.63. The highest BCUT2D eigenvalue weighted by Gasteiger charge is 2.64. The first kappa shape index (κ1) is 29.2. The summed E-state index contributed by atoms with van der Waals surface area (Å²) in [6, 6.07) is 22.7. The molecule has 226 valence electrons. The van der Waals surface area contributed by atoms with Crippen LogP contribution >= 0.6 is 0 Å². The number of hydrogen-bond acceptors (Lipinski definition) is 9. The number of carbonyl (C=O) groups is 3. The summed E-state index contributed by atoms with van der Waals surface area (Å²) < 4.78 is 0. The third kappa shape index (κ3) is 4.29. The normalized spacial score (nSPS) is 26.2. The van der Waals surface area contributed by atoms with Gasteiger partial charge in [-0.15, -0.1) is 0 Å². The number of phenols is 1. The highest BCUT2D eigenvalue weighted by Crippen LogP contribution is 2.56. The molecule has 3 aliphatic carbocycles. The van der Waals surface area contributed by atoms with Crippen LogP contribution in [0.3, 0.4) is 0 Å². The van der Waals surface area contributed by atoms with Gasteiger partial charge in [0.25, 0.3) is 5.91 Å². The lowest BCUT2D eigenvalue weighted by Gasteiger charge is -2.50. The molecule has 1 amide bonds. The van der Waals surface area contributed by atoms with Crippen LogP contribution < -0.4 is 10.6 Å². The Morgan fingerprint density at radius 1 is 0.932 bits per heavy atom. The summed E-state index contributed by atoms with van der Waals surface area (Å²) in [7, 11) is 0. The summed E-state index contributed by atoms with van der Waals surface area (Å²) in [6.07, 6.45) is -2.19. The summed E-state index contributed by atoms with van der Waals surface area (Å²) in [5.41, 5.74) is 3.77. The number of nitrogens with two attached hydrogens (primary N) is 1. The van der Waals surface area contributed by atoms with Crippen LogP contribution in [0.25, 0.3) is 5.76 Å². The van der Waals surface area contributed by atoms with E-state index in [0.29, 0.717) is 24.3 Å². The van der Waals surface area contributed by atoms with E-state index in [1.807, 2.05) is 65.6 Å². The van der Waals surface area contributed by atoms with Gasteiger partial charge in [-0.3, -0.25) is 14.4 Å². The van der Waals surface area contributed by atoms with E-state index in [0.717, 1.165) is 11.1 Å². The van der Waals surface area contributed by atoms with Crippen LogP contribution in [-0.4, -0.2) is 54.7 Å². The highest BCUT2D eigenvalue weighted by atomic mass is 16.4. The zero-order valence-corrected chi connectivity index (χ0v) is 23.8. The smallest absolute Gasteiger partial charge is 0.255 e. The minimum atomic E-state index is -2.88. The number of ketones is 2. The maximum Gasteiger partial charge on any atom is 0.255 e. The lowest BCUT2D eigenvalue weighted by atomic mass is 9.55. The Kier molecular flexibility index (Phi) is 7.06. The number of aliphatic hydroxyl groups excluding tert-OH is 3.